The van der Waals surface area contributed by atoms with E-state index in [-0.39, 0.29) is 11.9 Å². The van der Waals surface area contributed by atoms with Crippen LogP contribution in [0.3, 0.4) is 0 Å². The van der Waals surface area contributed by atoms with Crippen molar-refractivity contribution in [3.63, 3.8) is 0 Å². The summed E-state index contributed by atoms with van der Waals surface area (Å²) >= 11 is 0. The minimum atomic E-state index is -0.836. The van der Waals surface area contributed by atoms with Crippen LogP contribution in [-0.2, 0) is 9.59 Å². The van der Waals surface area contributed by atoms with Crippen molar-refractivity contribution in [1.29, 1.82) is 0 Å². The zero-order valence-electron chi connectivity index (χ0n) is 11.6. The van der Waals surface area contributed by atoms with Crippen LogP contribution >= 0.6 is 0 Å². The first kappa shape index (κ1) is 17.5. The Bertz CT molecular complexity index is 339. The van der Waals surface area contributed by atoms with Gasteiger partial charge in [0.1, 0.15) is 0 Å². The van der Waals surface area contributed by atoms with Crippen molar-refractivity contribution >= 4 is 17.5 Å². The summed E-state index contributed by atoms with van der Waals surface area (Å²) in [6, 6.07) is -1.61. The maximum atomic E-state index is 11.8. The SMILES string of the molecule is CC[C@H](C)[C@H](N)C(=O)C(=O)[C@@H](N)CCCN=C(N)N. The number of rotatable bonds is 9. The van der Waals surface area contributed by atoms with Crippen LogP contribution in [0.2, 0.25) is 0 Å². The van der Waals surface area contributed by atoms with E-state index in [9.17, 15) is 9.59 Å². The van der Waals surface area contributed by atoms with E-state index in [1.165, 1.54) is 0 Å². The number of Topliss-reactive ketones (excluding diaryl/α,β-unsaturated/α-hetero) is 2. The van der Waals surface area contributed by atoms with Gasteiger partial charge in [0.25, 0.3) is 0 Å². The molecule has 0 saturated carbocycles. The summed E-state index contributed by atoms with van der Waals surface area (Å²) in [5, 5.41) is 0. The fourth-order valence-electron chi connectivity index (χ4n) is 1.51. The van der Waals surface area contributed by atoms with Crippen LogP contribution in [0.15, 0.2) is 4.99 Å². The summed E-state index contributed by atoms with van der Waals surface area (Å²) in [6.07, 6.45) is 1.63. The fourth-order valence-corrected chi connectivity index (χ4v) is 1.51. The van der Waals surface area contributed by atoms with Gasteiger partial charge >= 0.3 is 0 Å². The van der Waals surface area contributed by atoms with Crippen LogP contribution in [0.5, 0.6) is 0 Å². The quantitative estimate of drug-likeness (QED) is 0.180. The van der Waals surface area contributed by atoms with Gasteiger partial charge in [0, 0.05) is 6.54 Å². The van der Waals surface area contributed by atoms with Crippen LogP contribution < -0.4 is 22.9 Å². The highest BCUT2D eigenvalue weighted by Crippen LogP contribution is 2.08. The first-order valence-electron chi connectivity index (χ1n) is 6.45. The van der Waals surface area contributed by atoms with E-state index < -0.39 is 23.7 Å². The molecule has 0 rings (SSSR count). The highest BCUT2D eigenvalue weighted by Gasteiger charge is 2.29. The third-order valence-electron chi connectivity index (χ3n) is 3.11. The van der Waals surface area contributed by atoms with Gasteiger partial charge in [0.2, 0.25) is 11.6 Å². The molecule has 0 aliphatic carbocycles. The van der Waals surface area contributed by atoms with Crippen LogP contribution in [0, 0.1) is 5.92 Å². The van der Waals surface area contributed by atoms with E-state index in [4.69, 9.17) is 22.9 Å². The van der Waals surface area contributed by atoms with E-state index in [1.807, 2.05) is 13.8 Å². The summed E-state index contributed by atoms with van der Waals surface area (Å²) in [5.74, 6) is -1.25. The van der Waals surface area contributed by atoms with Crippen LogP contribution in [0.25, 0.3) is 0 Å². The molecule has 0 spiro atoms. The van der Waals surface area contributed by atoms with Crippen molar-refractivity contribution in [2.24, 2.45) is 33.8 Å². The largest absolute Gasteiger partial charge is 0.370 e. The lowest BCUT2D eigenvalue weighted by Crippen LogP contribution is -2.47. The highest BCUT2D eigenvalue weighted by molar-refractivity contribution is 6.40. The summed E-state index contributed by atoms with van der Waals surface area (Å²) in [6.45, 7) is 4.13. The third-order valence-corrected chi connectivity index (χ3v) is 3.11. The lowest BCUT2D eigenvalue weighted by molar-refractivity contribution is -0.138. The summed E-state index contributed by atoms with van der Waals surface area (Å²) in [4.78, 5) is 27.4. The Labute approximate surface area is 113 Å². The molecule has 7 heteroatoms. The van der Waals surface area contributed by atoms with Gasteiger partial charge in [-0.05, 0) is 18.8 Å². The molecule has 0 amide bonds. The van der Waals surface area contributed by atoms with Crippen molar-refractivity contribution in [3.8, 4) is 0 Å². The van der Waals surface area contributed by atoms with Crippen molar-refractivity contribution in [1.82, 2.24) is 0 Å². The predicted molar refractivity (Wildman–Crippen MR) is 75.3 cm³/mol. The van der Waals surface area contributed by atoms with Crippen molar-refractivity contribution in [3.05, 3.63) is 0 Å². The number of hydrogen-bond acceptors (Lipinski definition) is 5. The Morgan fingerprint density at radius 1 is 1.16 bits per heavy atom. The Morgan fingerprint density at radius 2 is 1.74 bits per heavy atom. The first-order chi connectivity index (χ1) is 8.81. The molecule has 0 fully saturated rings. The van der Waals surface area contributed by atoms with Gasteiger partial charge in [-0.1, -0.05) is 20.3 Å². The van der Waals surface area contributed by atoms with Gasteiger partial charge in [-0.25, -0.2) is 0 Å². The molecule has 0 aromatic heterocycles. The summed E-state index contributed by atoms with van der Waals surface area (Å²) in [7, 11) is 0. The zero-order valence-corrected chi connectivity index (χ0v) is 11.6. The van der Waals surface area contributed by atoms with Gasteiger partial charge < -0.3 is 22.9 Å². The molecule has 0 unspecified atom stereocenters. The predicted octanol–water partition coefficient (Wildman–Crippen LogP) is -1.12. The number of nitrogens with two attached hydrogens (primary N) is 4. The van der Waals surface area contributed by atoms with Crippen molar-refractivity contribution in [2.75, 3.05) is 6.54 Å². The molecule has 3 atom stereocenters. The Kier molecular flexibility index (Phi) is 7.94. The minimum absolute atomic E-state index is 0.00485. The maximum Gasteiger partial charge on any atom is 0.216 e. The van der Waals surface area contributed by atoms with Gasteiger partial charge in [0.05, 0.1) is 12.1 Å². The number of carbonyl (C=O) groups excluding carboxylic acids is 2. The number of guanidine groups is 1. The zero-order chi connectivity index (χ0) is 15.0. The van der Waals surface area contributed by atoms with Gasteiger partial charge in [-0.15, -0.1) is 0 Å². The number of nitrogens with zero attached hydrogens (tertiary/aromatic N) is 1. The summed E-state index contributed by atoms with van der Waals surface area (Å²) in [5.41, 5.74) is 21.7. The molecule has 19 heavy (non-hydrogen) atoms. The average molecular weight is 271 g/mol. The monoisotopic (exact) mass is 271 g/mol. The third kappa shape index (κ3) is 6.30. The van der Waals surface area contributed by atoms with E-state index in [1.54, 1.807) is 0 Å². The second-order valence-corrected chi connectivity index (χ2v) is 4.70. The van der Waals surface area contributed by atoms with Crippen LogP contribution in [0.1, 0.15) is 33.1 Å². The maximum absolute atomic E-state index is 11.8. The molecular weight excluding hydrogens is 246 g/mol. The van der Waals surface area contributed by atoms with E-state index in [0.29, 0.717) is 19.4 Å². The lowest BCUT2D eigenvalue weighted by Gasteiger charge is -2.18. The number of aliphatic imine (C=N–C) groups is 1. The van der Waals surface area contributed by atoms with Gasteiger partial charge in [-0.2, -0.15) is 0 Å². The van der Waals surface area contributed by atoms with Crippen molar-refractivity contribution in [2.45, 2.75) is 45.2 Å². The molecule has 0 radical (unpaired) electrons. The molecule has 0 saturated heterocycles. The minimum Gasteiger partial charge on any atom is -0.370 e. The topological polar surface area (TPSA) is 151 Å². The van der Waals surface area contributed by atoms with Crippen molar-refractivity contribution < 1.29 is 9.59 Å². The molecule has 0 bridgehead atoms. The highest BCUT2D eigenvalue weighted by atomic mass is 16.2. The van der Waals surface area contributed by atoms with Gasteiger partial charge in [0.15, 0.2) is 5.96 Å². The molecule has 0 aliphatic heterocycles. The molecule has 0 aromatic rings. The first-order valence-corrected chi connectivity index (χ1v) is 6.45. The number of ketones is 2. The summed E-state index contributed by atoms with van der Waals surface area (Å²) < 4.78 is 0. The molecule has 8 N–H and O–H groups in total. The van der Waals surface area contributed by atoms with E-state index in [0.717, 1.165) is 6.42 Å². The molecule has 0 aromatic carbocycles. The van der Waals surface area contributed by atoms with Gasteiger partial charge in [-0.3, -0.25) is 14.6 Å². The van der Waals surface area contributed by atoms with E-state index >= 15 is 0 Å². The fraction of sp³-hybridized carbons (Fsp3) is 0.750. The number of hydrogen-bond donors (Lipinski definition) is 4. The normalized spacial score (nSPS) is 15.4. The molecule has 0 heterocycles. The Morgan fingerprint density at radius 3 is 2.21 bits per heavy atom. The molecule has 0 aliphatic rings. The second-order valence-electron chi connectivity index (χ2n) is 4.70. The molecule has 110 valence electrons. The number of carbonyl (C=O) groups is 2. The average Bonchev–Trinajstić information content (AvgIpc) is 2.39. The molecular formula is C12H25N5O2. The Balaban J connectivity index is 4.25. The standard InChI is InChI=1S/C12H25N5O2/c1-3-7(2)9(14)11(19)10(18)8(13)5-4-6-17-12(15)16/h7-9H,3-6,13-14H2,1-2H3,(H4,15,16,17)/t7-,8-,9-/m0/s1. The smallest absolute Gasteiger partial charge is 0.216 e. The van der Waals surface area contributed by atoms with Crippen LogP contribution in [0.4, 0.5) is 0 Å². The van der Waals surface area contributed by atoms with E-state index in [2.05, 4.69) is 4.99 Å². The lowest BCUT2D eigenvalue weighted by atomic mass is 9.91. The van der Waals surface area contributed by atoms with Crippen LogP contribution in [-0.4, -0.2) is 36.2 Å². The molecule has 7 nitrogen and oxygen atoms in total. The Hall–Kier alpha value is -1.47. The second kappa shape index (κ2) is 8.60.